The van der Waals surface area contributed by atoms with E-state index in [1.165, 1.54) is 7.11 Å². The summed E-state index contributed by atoms with van der Waals surface area (Å²) in [5, 5.41) is 4.14. The van der Waals surface area contributed by atoms with Gasteiger partial charge >= 0.3 is 0 Å². The molecule has 1 saturated carbocycles. The number of nitrogens with one attached hydrogen (secondary N) is 1. The second-order valence-corrected chi connectivity index (χ2v) is 9.87. The highest BCUT2D eigenvalue weighted by atomic mass is 16.5. The van der Waals surface area contributed by atoms with Gasteiger partial charge in [0.25, 0.3) is 0 Å². The molecule has 1 fully saturated rings. The van der Waals surface area contributed by atoms with Gasteiger partial charge in [0.1, 0.15) is 29.5 Å². The third-order valence-corrected chi connectivity index (χ3v) is 7.38. The molecule has 0 unspecified atom stereocenters. The Labute approximate surface area is 220 Å². The second kappa shape index (κ2) is 10.2. The summed E-state index contributed by atoms with van der Waals surface area (Å²) in [6.45, 7) is 0.0912. The molecule has 6 rings (SSSR count). The van der Waals surface area contributed by atoms with Crippen molar-refractivity contribution in [2.45, 2.75) is 37.6 Å². The lowest BCUT2D eigenvalue weighted by Crippen LogP contribution is -2.39. The highest BCUT2D eigenvalue weighted by Gasteiger charge is 2.28. The van der Waals surface area contributed by atoms with E-state index in [1.807, 2.05) is 24.4 Å². The Morgan fingerprint density at radius 2 is 1.82 bits per heavy atom. The summed E-state index contributed by atoms with van der Waals surface area (Å²) < 4.78 is 7.04. The van der Waals surface area contributed by atoms with Gasteiger partial charge in [-0.25, -0.2) is 15.0 Å². The van der Waals surface area contributed by atoms with Crippen molar-refractivity contribution in [2.24, 2.45) is 0 Å². The Bertz CT molecular complexity index is 1610. The van der Waals surface area contributed by atoms with Crippen LogP contribution in [0.2, 0.25) is 0 Å². The fourth-order valence-corrected chi connectivity index (χ4v) is 5.51. The van der Waals surface area contributed by atoms with Crippen molar-refractivity contribution in [3.05, 3.63) is 78.9 Å². The second-order valence-electron chi connectivity index (χ2n) is 9.87. The summed E-state index contributed by atoms with van der Waals surface area (Å²) in [4.78, 5) is 26.4. The number of methoxy groups -OCH3 is 1. The molecule has 3 heterocycles. The molecule has 0 saturated heterocycles. The van der Waals surface area contributed by atoms with Gasteiger partial charge in [0.2, 0.25) is 5.91 Å². The van der Waals surface area contributed by atoms with Crippen LogP contribution in [0.3, 0.4) is 0 Å². The molecule has 0 bridgehead atoms. The zero-order valence-corrected chi connectivity index (χ0v) is 21.3. The largest absolute Gasteiger partial charge is 0.382 e. The number of nitrogen functional groups attached to an aromatic ring is 1. The molecule has 0 radical (unpaired) electrons. The standard InChI is InChI=1S/C30H30N6O2/c1-38-18-26(37)33-23-12-9-21(10-13-23)30-35-27(28-29(31)32-15-16-36(28)30)22-8-7-20-11-14-24(34-25(20)17-22)19-5-3-2-4-6-19/h2-8,11,14-17,21,23H,9-10,12-13,18H2,1H3,(H2,31,32)(H,33,37). The van der Waals surface area contributed by atoms with Crippen LogP contribution < -0.4 is 11.1 Å². The van der Waals surface area contributed by atoms with Crippen molar-refractivity contribution < 1.29 is 9.53 Å². The fourth-order valence-electron chi connectivity index (χ4n) is 5.51. The lowest BCUT2D eigenvalue weighted by atomic mass is 9.85. The molecule has 0 atom stereocenters. The van der Waals surface area contributed by atoms with E-state index in [-0.39, 0.29) is 24.5 Å². The summed E-state index contributed by atoms with van der Waals surface area (Å²) in [6, 6.07) is 20.7. The van der Waals surface area contributed by atoms with E-state index in [1.54, 1.807) is 6.20 Å². The van der Waals surface area contributed by atoms with Crippen LogP contribution in [0, 0.1) is 0 Å². The highest BCUT2D eigenvalue weighted by molar-refractivity contribution is 5.91. The first-order chi connectivity index (χ1) is 18.6. The zero-order valence-electron chi connectivity index (χ0n) is 21.3. The molecule has 3 aromatic heterocycles. The van der Waals surface area contributed by atoms with Crippen molar-refractivity contribution in [3.63, 3.8) is 0 Å². The quantitative estimate of drug-likeness (QED) is 0.336. The predicted molar refractivity (Wildman–Crippen MR) is 149 cm³/mol. The molecule has 0 aliphatic heterocycles. The number of imidazole rings is 1. The molecule has 1 aliphatic carbocycles. The van der Waals surface area contributed by atoms with E-state index in [4.69, 9.17) is 20.4 Å². The normalized spacial score (nSPS) is 17.6. The Kier molecular flexibility index (Phi) is 6.47. The van der Waals surface area contributed by atoms with E-state index in [0.717, 1.165) is 70.4 Å². The Morgan fingerprint density at radius 3 is 2.61 bits per heavy atom. The first-order valence-electron chi connectivity index (χ1n) is 13.0. The Hall–Kier alpha value is -4.30. The summed E-state index contributed by atoms with van der Waals surface area (Å²) in [6.07, 6.45) is 7.32. The summed E-state index contributed by atoms with van der Waals surface area (Å²) in [7, 11) is 1.53. The lowest BCUT2D eigenvalue weighted by molar-refractivity contribution is -0.125. The van der Waals surface area contributed by atoms with Crippen molar-refractivity contribution in [1.29, 1.82) is 0 Å². The first-order valence-corrected chi connectivity index (χ1v) is 13.0. The number of aromatic nitrogens is 4. The number of pyridine rings is 1. The number of nitrogens with zero attached hydrogens (tertiary/aromatic N) is 4. The molecule has 5 aromatic rings. The molecule has 192 valence electrons. The molecular weight excluding hydrogens is 476 g/mol. The fraction of sp³-hybridized carbons (Fsp3) is 0.267. The van der Waals surface area contributed by atoms with Crippen LogP contribution in [-0.2, 0) is 9.53 Å². The van der Waals surface area contributed by atoms with Gasteiger partial charge in [0.15, 0.2) is 0 Å². The van der Waals surface area contributed by atoms with Gasteiger partial charge in [0.05, 0.1) is 11.2 Å². The number of anilines is 1. The van der Waals surface area contributed by atoms with E-state index < -0.39 is 0 Å². The van der Waals surface area contributed by atoms with Crippen LogP contribution >= 0.6 is 0 Å². The van der Waals surface area contributed by atoms with E-state index >= 15 is 0 Å². The van der Waals surface area contributed by atoms with Crippen molar-refractivity contribution in [2.75, 3.05) is 19.5 Å². The number of benzene rings is 2. The highest BCUT2D eigenvalue weighted by Crippen LogP contribution is 2.37. The molecule has 2 aromatic carbocycles. The van der Waals surface area contributed by atoms with Crippen LogP contribution in [0.5, 0.6) is 0 Å². The van der Waals surface area contributed by atoms with Crippen LogP contribution in [0.25, 0.3) is 38.9 Å². The summed E-state index contributed by atoms with van der Waals surface area (Å²) in [5.41, 5.74) is 11.9. The number of hydrogen-bond donors (Lipinski definition) is 2. The summed E-state index contributed by atoms with van der Waals surface area (Å²) >= 11 is 0. The first kappa shape index (κ1) is 24.1. The van der Waals surface area contributed by atoms with Crippen LogP contribution in [-0.4, -0.2) is 45.0 Å². The number of carbonyl (C=O) groups excluding carboxylic acids is 1. The number of nitrogens with two attached hydrogens (primary N) is 1. The SMILES string of the molecule is COCC(=O)NC1CCC(c2nc(-c3ccc4ccc(-c5ccccc5)nc4c3)c3c(N)nccn23)CC1. The summed E-state index contributed by atoms with van der Waals surface area (Å²) in [5.74, 6) is 1.63. The molecular formula is C30H30N6O2. The number of hydrogen-bond acceptors (Lipinski definition) is 6. The number of carbonyl (C=O) groups is 1. The molecule has 3 N–H and O–H groups in total. The maximum Gasteiger partial charge on any atom is 0.246 e. The zero-order chi connectivity index (χ0) is 26.1. The number of amides is 1. The van der Waals surface area contributed by atoms with Crippen molar-refractivity contribution in [3.8, 4) is 22.5 Å². The smallest absolute Gasteiger partial charge is 0.246 e. The van der Waals surface area contributed by atoms with Crippen molar-refractivity contribution in [1.82, 2.24) is 24.7 Å². The Morgan fingerprint density at radius 1 is 1.03 bits per heavy atom. The van der Waals surface area contributed by atoms with Crippen LogP contribution in [0.15, 0.2) is 73.1 Å². The van der Waals surface area contributed by atoms with Crippen LogP contribution in [0.4, 0.5) is 5.82 Å². The van der Waals surface area contributed by atoms with Crippen molar-refractivity contribution >= 4 is 28.1 Å². The molecule has 1 aliphatic rings. The molecule has 8 heteroatoms. The van der Waals surface area contributed by atoms with E-state index in [2.05, 4.69) is 57.2 Å². The van der Waals surface area contributed by atoms with Gasteiger partial charge in [-0.3, -0.25) is 9.20 Å². The van der Waals surface area contributed by atoms with Gasteiger partial charge in [-0.05, 0) is 37.8 Å². The molecule has 1 amide bonds. The number of fused-ring (bicyclic) bond motifs is 2. The molecule has 38 heavy (non-hydrogen) atoms. The maximum atomic E-state index is 12.0. The van der Waals surface area contributed by atoms with Gasteiger partial charge in [-0.1, -0.05) is 48.5 Å². The minimum Gasteiger partial charge on any atom is -0.382 e. The Balaban J connectivity index is 1.35. The lowest BCUT2D eigenvalue weighted by Gasteiger charge is -2.28. The minimum atomic E-state index is -0.0660. The third-order valence-electron chi connectivity index (χ3n) is 7.38. The van der Waals surface area contributed by atoms with Gasteiger partial charge in [0, 0.05) is 48.0 Å². The van der Waals surface area contributed by atoms with Crippen LogP contribution in [0.1, 0.15) is 37.4 Å². The number of ether oxygens (including phenoxy) is 1. The van der Waals surface area contributed by atoms with E-state index in [9.17, 15) is 4.79 Å². The third kappa shape index (κ3) is 4.59. The topological polar surface area (TPSA) is 107 Å². The molecule has 0 spiro atoms. The monoisotopic (exact) mass is 506 g/mol. The predicted octanol–water partition coefficient (Wildman–Crippen LogP) is 4.98. The van der Waals surface area contributed by atoms with Gasteiger partial charge in [-0.15, -0.1) is 0 Å². The van der Waals surface area contributed by atoms with Gasteiger partial charge in [-0.2, -0.15) is 0 Å². The molecule has 8 nitrogen and oxygen atoms in total. The van der Waals surface area contributed by atoms with Gasteiger partial charge < -0.3 is 15.8 Å². The van der Waals surface area contributed by atoms with E-state index in [0.29, 0.717) is 5.82 Å². The number of rotatable bonds is 6. The maximum absolute atomic E-state index is 12.0. The average molecular weight is 507 g/mol. The average Bonchev–Trinajstić information content (AvgIpc) is 3.34. The minimum absolute atomic E-state index is 0.0660.